The minimum Gasteiger partial charge on any atom is -0.451 e. The van der Waals surface area contributed by atoms with Gasteiger partial charge in [-0.15, -0.1) is 0 Å². The molecule has 1 N–H and O–H groups in total. The molecule has 0 aliphatic heterocycles. The molecule has 0 saturated heterocycles. The van der Waals surface area contributed by atoms with Crippen molar-refractivity contribution in [3.05, 3.63) is 59.9 Å². The Labute approximate surface area is 140 Å². The monoisotopic (exact) mass is 343 g/mol. The highest BCUT2D eigenvalue weighted by molar-refractivity contribution is 7.91. The van der Waals surface area contributed by atoms with Crippen LogP contribution in [-0.2, 0) is 9.84 Å². The molecule has 3 rings (SSSR count). The molecule has 0 fully saturated rings. The number of hydrogen-bond acceptors (Lipinski definition) is 4. The first kappa shape index (κ1) is 16.3. The van der Waals surface area contributed by atoms with Crippen molar-refractivity contribution >= 4 is 32.4 Å². The molecule has 0 bridgehead atoms. The van der Waals surface area contributed by atoms with Gasteiger partial charge in [-0.1, -0.05) is 25.1 Å². The highest BCUT2D eigenvalue weighted by atomic mass is 32.2. The molecule has 0 radical (unpaired) electrons. The van der Waals surface area contributed by atoms with E-state index in [1.807, 2.05) is 31.2 Å². The van der Waals surface area contributed by atoms with E-state index in [4.69, 9.17) is 4.42 Å². The van der Waals surface area contributed by atoms with Crippen LogP contribution >= 0.6 is 0 Å². The zero-order chi connectivity index (χ0) is 17.3. The molecule has 1 heterocycles. The van der Waals surface area contributed by atoms with Gasteiger partial charge in [-0.25, -0.2) is 8.42 Å². The summed E-state index contributed by atoms with van der Waals surface area (Å²) < 4.78 is 29.2. The normalized spacial score (nSPS) is 11.6. The average Bonchev–Trinajstić information content (AvgIpc) is 2.93. The Morgan fingerprint density at radius 2 is 1.75 bits per heavy atom. The van der Waals surface area contributed by atoms with Crippen LogP contribution in [0, 0.1) is 6.92 Å². The molecular weight excluding hydrogens is 326 g/mol. The molecule has 0 spiro atoms. The van der Waals surface area contributed by atoms with Gasteiger partial charge in [0.1, 0.15) is 5.58 Å². The molecule has 124 valence electrons. The lowest BCUT2D eigenvalue weighted by Crippen LogP contribution is -2.12. The summed E-state index contributed by atoms with van der Waals surface area (Å²) in [6.45, 7) is 3.42. The quantitative estimate of drug-likeness (QED) is 0.782. The summed E-state index contributed by atoms with van der Waals surface area (Å²) in [5.74, 6) is -0.0760. The fraction of sp³-hybridized carbons (Fsp3) is 0.167. The summed E-state index contributed by atoms with van der Waals surface area (Å²) in [4.78, 5) is 12.7. The van der Waals surface area contributed by atoms with Gasteiger partial charge in [0.15, 0.2) is 15.6 Å². The topological polar surface area (TPSA) is 76.4 Å². The zero-order valence-electron chi connectivity index (χ0n) is 13.4. The fourth-order valence-corrected chi connectivity index (χ4v) is 3.38. The molecule has 0 aliphatic rings. The predicted octanol–water partition coefficient (Wildman–Crippen LogP) is 3.79. The van der Waals surface area contributed by atoms with E-state index in [0.29, 0.717) is 11.3 Å². The van der Waals surface area contributed by atoms with Crippen LogP contribution in [-0.4, -0.2) is 20.1 Å². The number of sulfone groups is 1. The van der Waals surface area contributed by atoms with Gasteiger partial charge in [0, 0.05) is 16.6 Å². The maximum atomic E-state index is 12.4. The number of anilines is 1. The summed E-state index contributed by atoms with van der Waals surface area (Å²) in [6.07, 6.45) is 0. The molecule has 5 nitrogen and oxygen atoms in total. The van der Waals surface area contributed by atoms with Crippen LogP contribution in [0.4, 0.5) is 5.69 Å². The van der Waals surface area contributed by atoms with Gasteiger partial charge in [0.25, 0.3) is 5.91 Å². The van der Waals surface area contributed by atoms with Crippen LogP contribution in [0.1, 0.15) is 23.0 Å². The molecule has 6 heteroatoms. The average molecular weight is 343 g/mol. The van der Waals surface area contributed by atoms with Gasteiger partial charge >= 0.3 is 0 Å². The van der Waals surface area contributed by atoms with E-state index in [1.165, 1.54) is 12.1 Å². The molecule has 0 unspecified atom stereocenters. The molecule has 2 aromatic carbocycles. The van der Waals surface area contributed by atoms with Gasteiger partial charge < -0.3 is 9.73 Å². The number of carbonyl (C=O) groups is 1. The number of furan rings is 1. The van der Waals surface area contributed by atoms with Gasteiger partial charge in [-0.2, -0.15) is 0 Å². The molecule has 0 atom stereocenters. The second-order valence-electron chi connectivity index (χ2n) is 5.43. The van der Waals surface area contributed by atoms with Crippen molar-refractivity contribution in [2.24, 2.45) is 0 Å². The van der Waals surface area contributed by atoms with Crippen LogP contribution in [0.15, 0.2) is 57.8 Å². The largest absolute Gasteiger partial charge is 0.451 e. The Bertz CT molecular complexity index is 1000. The van der Waals surface area contributed by atoms with Crippen LogP contribution < -0.4 is 5.32 Å². The van der Waals surface area contributed by atoms with Gasteiger partial charge in [-0.05, 0) is 37.3 Å². The van der Waals surface area contributed by atoms with Gasteiger partial charge in [0.05, 0.1) is 10.6 Å². The minimum atomic E-state index is -3.25. The van der Waals surface area contributed by atoms with E-state index in [1.54, 1.807) is 19.1 Å². The Morgan fingerprint density at radius 3 is 2.38 bits per heavy atom. The number of carbonyl (C=O) groups excluding carboxylic acids is 1. The maximum Gasteiger partial charge on any atom is 0.291 e. The highest BCUT2D eigenvalue weighted by Gasteiger charge is 2.18. The Morgan fingerprint density at radius 1 is 1.08 bits per heavy atom. The Balaban J connectivity index is 1.85. The first-order valence-corrected chi connectivity index (χ1v) is 9.20. The smallest absolute Gasteiger partial charge is 0.291 e. The summed E-state index contributed by atoms with van der Waals surface area (Å²) >= 11 is 0. The van der Waals surface area contributed by atoms with Crippen molar-refractivity contribution in [1.29, 1.82) is 0 Å². The highest BCUT2D eigenvalue weighted by Crippen LogP contribution is 2.25. The fourth-order valence-electron chi connectivity index (χ4n) is 2.49. The van der Waals surface area contributed by atoms with E-state index in [9.17, 15) is 13.2 Å². The van der Waals surface area contributed by atoms with Crippen molar-refractivity contribution in [3.63, 3.8) is 0 Å². The zero-order valence-corrected chi connectivity index (χ0v) is 14.2. The molecule has 0 saturated carbocycles. The number of fused-ring (bicyclic) bond motifs is 1. The number of hydrogen-bond donors (Lipinski definition) is 1. The lowest BCUT2D eigenvalue weighted by Gasteiger charge is -2.06. The van der Waals surface area contributed by atoms with Crippen molar-refractivity contribution < 1.29 is 17.6 Å². The number of amides is 1. The molecule has 1 aromatic heterocycles. The number of aryl methyl sites for hydroxylation is 1. The van der Waals surface area contributed by atoms with E-state index in [2.05, 4.69) is 5.32 Å². The van der Waals surface area contributed by atoms with E-state index < -0.39 is 9.84 Å². The van der Waals surface area contributed by atoms with Crippen molar-refractivity contribution in [2.75, 3.05) is 11.1 Å². The van der Waals surface area contributed by atoms with Crippen LogP contribution in [0.3, 0.4) is 0 Å². The summed E-state index contributed by atoms with van der Waals surface area (Å²) in [5, 5.41) is 3.62. The Hall–Kier alpha value is -2.60. The molecular formula is C18H17NO4S. The van der Waals surface area contributed by atoms with Crippen LogP contribution in [0.25, 0.3) is 11.0 Å². The molecule has 24 heavy (non-hydrogen) atoms. The number of benzene rings is 2. The first-order valence-electron chi connectivity index (χ1n) is 7.54. The molecule has 3 aromatic rings. The number of nitrogens with one attached hydrogen (secondary N) is 1. The second kappa shape index (κ2) is 6.13. The van der Waals surface area contributed by atoms with Crippen molar-refractivity contribution in [1.82, 2.24) is 0 Å². The van der Waals surface area contributed by atoms with Gasteiger partial charge in [-0.3, -0.25) is 4.79 Å². The number of rotatable bonds is 4. The third-order valence-corrected chi connectivity index (χ3v) is 5.65. The van der Waals surface area contributed by atoms with Crippen molar-refractivity contribution in [2.45, 2.75) is 18.7 Å². The standard InChI is InChI=1S/C18H17NO4S/c1-3-24(21,22)14-10-8-13(9-11-14)19-18(20)17-12(2)15-6-4-5-7-16(15)23-17/h4-11H,3H2,1-2H3,(H,19,20). The number of para-hydroxylation sites is 1. The van der Waals surface area contributed by atoms with Crippen molar-refractivity contribution in [3.8, 4) is 0 Å². The van der Waals surface area contributed by atoms with E-state index in [-0.39, 0.29) is 22.3 Å². The first-order chi connectivity index (χ1) is 11.4. The molecule has 1 amide bonds. The Kier molecular flexibility index (Phi) is 4.15. The lowest BCUT2D eigenvalue weighted by molar-refractivity contribution is 0.0998. The summed E-state index contributed by atoms with van der Waals surface area (Å²) in [5.41, 5.74) is 1.94. The second-order valence-corrected chi connectivity index (χ2v) is 7.71. The summed E-state index contributed by atoms with van der Waals surface area (Å²) in [6, 6.07) is 13.6. The van der Waals surface area contributed by atoms with E-state index in [0.717, 1.165) is 10.9 Å². The third kappa shape index (κ3) is 2.92. The molecule has 0 aliphatic carbocycles. The van der Waals surface area contributed by atoms with E-state index >= 15 is 0 Å². The van der Waals surface area contributed by atoms with Gasteiger partial charge in [0.2, 0.25) is 0 Å². The summed E-state index contributed by atoms with van der Waals surface area (Å²) in [7, 11) is -3.25. The SMILES string of the molecule is CCS(=O)(=O)c1ccc(NC(=O)c2oc3ccccc3c2C)cc1. The lowest BCUT2D eigenvalue weighted by atomic mass is 10.1. The minimum absolute atomic E-state index is 0.0386. The van der Waals surface area contributed by atoms with Crippen LogP contribution in [0.5, 0.6) is 0 Å². The predicted molar refractivity (Wildman–Crippen MR) is 93.1 cm³/mol. The maximum absolute atomic E-state index is 12.4. The third-order valence-electron chi connectivity index (χ3n) is 3.90. The van der Waals surface area contributed by atoms with Crippen LogP contribution in [0.2, 0.25) is 0 Å².